The molecule has 0 aliphatic heterocycles. The van der Waals surface area contributed by atoms with E-state index < -0.39 is 32.2 Å². The van der Waals surface area contributed by atoms with Gasteiger partial charge in [0.2, 0.25) is 0 Å². The van der Waals surface area contributed by atoms with Crippen LogP contribution in [0.5, 0.6) is 0 Å². The first kappa shape index (κ1) is 10.0. The van der Waals surface area contributed by atoms with Crippen LogP contribution in [0, 0.1) is 17.5 Å². The molecule has 1 rings (SSSR count). The molecule has 0 radical (unpaired) electrons. The molecule has 0 unspecified atom stereocenters. The Morgan fingerprint density at radius 2 is 1.46 bits per heavy atom. The van der Waals surface area contributed by atoms with E-state index in [-0.39, 0.29) is 0 Å². The molecule has 0 heterocycles. The third-order valence-corrected chi connectivity index (χ3v) is 2.48. The summed E-state index contributed by atoms with van der Waals surface area (Å²) < 4.78 is 58.9. The Labute approximate surface area is 72.9 Å². The third kappa shape index (κ3) is 2.00. The van der Waals surface area contributed by atoms with Gasteiger partial charge in [-0.3, -0.25) is 0 Å². The maximum absolute atomic E-state index is 12.5. The van der Waals surface area contributed by atoms with E-state index in [0.29, 0.717) is 12.1 Å². The van der Waals surface area contributed by atoms with Crippen LogP contribution in [-0.4, -0.2) is 14.7 Å². The number of hydrogen-bond donors (Lipinski definition) is 0. The third-order valence-electron chi connectivity index (χ3n) is 1.39. The van der Waals surface area contributed by atoms with Crippen LogP contribution in [-0.2, 0) is 9.84 Å². The van der Waals surface area contributed by atoms with Gasteiger partial charge in [0.1, 0.15) is 0 Å². The number of sulfone groups is 1. The molecule has 0 amide bonds. The predicted molar refractivity (Wildman–Crippen MR) is 39.4 cm³/mol. The van der Waals surface area contributed by atoms with Crippen molar-refractivity contribution in [2.24, 2.45) is 0 Å². The second-order valence-corrected chi connectivity index (χ2v) is 4.49. The fourth-order valence-corrected chi connectivity index (χ4v) is 1.38. The summed E-state index contributed by atoms with van der Waals surface area (Å²) in [6, 6.07) is 0.876. The Hall–Kier alpha value is -1.04. The molecule has 0 saturated heterocycles. The van der Waals surface area contributed by atoms with Crippen molar-refractivity contribution in [1.29, 1.82) is 0 Å². The molecule has 0 fully saturated rings. The van der Waals surface area contributed by atoms with E-state index in [1.807, 2.05) is 0 Å². The van der Waals surface area contributed by atoms with Crippen LogP contribution < -0.4 is 0 Å². The van der Waals surface area contributed by atoms with E-state index in [2.05, 4.69) is 0 Å². The van der Waals surface area contributed by atoms with Crippen LogP contribution in [0.15, 0.2) is 17.0 Å². The van der Waals surface area contributed by atoms with Crippen LogP contribution in [0.2, 0.25) is 0 Å². The van der Waals surface area contributed by atoms with Crippen LogP contribution in [0.4, 0.5) is 13.2 Å². The average molecular weight is 210 g/mol. The van der Waals surface area contributed by atoms with Crippen molar-refractivity contribution in [1.82, 2.24) is 0 Å². The maximum atomic E-state index is 12.5. The van der Waals surface area contributed by atoms with E-state index in [0.717, 1.165) is 6.26 Å². The van der Waals surface area contributed by atoms with Gasteiger partial charge >= 0.3 is 0 Å². The molecule has 1 aromatic carbocycles. The second-order valence-electron chi connectivity index (χ2n) is 2.47. The Bertz CT molecular complexity index is 416. The van der Waals surface area contributed by atoms with E-state index >= 15 is 0 Å². The van der Waals surface area contributed by atoms with Gasteiger partial charge in [-0.25, -0.2) is 21.6 Å². The molecule has 0 atom stereocenters. The monoisotopic (exact) mass is 210 g/mol. The van der Waals surface area contributed by atoms with Gasteiger partial charge < -0.3 is 0 Å². The highest BCUT2D eigenvalue weighted by Gasteiger charge is 2.15. The summed E-state index contributed by atoms with van der Waals surface area (Å²) in [5.41, 5.74) is 0. The molecule has 0 N–H and O–H groups in total. The summed E-state index contributed by atoms with van der Waals surface area (Å²) in [6.45, 7) is 0. The lowest BCUT2D eigenvalue weighted by atomic mass is 10.3. The summed E-state index contributed by atoms with van der Waals surface area (Å²) in [7, 11) is -3.71. The molecule has 6 heteroatoms. The lowest BCUT2D eigenvalue weighted by Crippen LogP contribution is -2.01. The Morgan fingerprint density at radius 1 is 1.08 bits per heavy atom. The minimum Gasteiger partial charge on any atom is -0.224 e. The second kappa shape index (κ2) is 3.02. The van der Waals surface area contributed by atoms with Gasteiger partial charge in [-0.1, -0.05) is 0 Å². The standard InChI is InChI=1S/C7H5F3O2S/c1-13(11,12)4-2-5(8)7(10)6(9)3-4/h2-3H,1H3. The van der Waals surface area contributed by atoms with Gasteiger partial charge in [-0.05, 0) is 12.1 Å². The topological polar surface area (TPSA) is 34.1 Å². The van der Waals surface area contributed by atoms with Crippen LogP contribution in [0.25, 0.3) is 0 Å². The first-order valence-corrected chi connectivity index (χ1v) is 5.06. The highest BCUT2D eigenvalue weighted by molar-refractivity contribution is 7.90. The number of benzene rings is 1. The Kier molecular flexibility index (Phi) is 2.34. The van der Waals surface area contributed by atoms with Crippen molar-refractivity contribution < 1.29 is 21.6 Å². The van der Waals surface area contributed by atoms with Crippen molar-refractivity contribution in [2.45, 2.75) is 4.90 Å². The predicted octanol–water partition coefficient (Wildman–Crippen LogP) is 1.51. The highest BCUT2D eigenvalue weighted by Crippen LogP contribution is 2.16. The summed E-state index contributed by atoms with van der Waals surface area (Å²) in [6.07, 6.45) is 0.777. The minimum atomic E-state index is -3.71. The van der Waals surface area contributed by atoms with E-state index in [9.17, 15) is 21.6 Å². The minimum absolute atomic E-state index is 0.438. The summed E-state index contributed by atoms with van der Waals surface area (Å²) in [4.78, 5) is -0.580. The summed E-state index contributed by atoms with van der Waals surface area (Å²) in [5.74, 6) is -4.70. The normalized spacial score (nSPS) is 11.7. The molecule has 0 aromatic heterocycles. The largest absolute Gasteiger partial charge is 0.224 e. The zero-order valence-electron chi connectivity index (χ0n) is 6.51. The molecule has 13 heavy (non-hydrogen) atoms. The van der Waals surface area contributed by atoms with Crippen molar-refractivity contribution in [3.05, 3.63) is 29.6 Å². The SMILES string of the molecule is CS(=O)(=O)c1cc(F)c(F)c(F)c1. The first-order valence-electron chi connectivity index (χ1n) is 3.17. The average Bonchev–Trinajstić information content (AvgIpc) is 1.97. The first-order chi connectivity index (χ1) is 5.82. The zero-order chi connectivity index (χ0) is 10.2. The lowest BCUT2D eigenvalue weighted by molar-refractivity contribution is 0.442. The Balaban J connectivity index is 3.47. The smallest absolute Gasteiger partial charge is 0.194 e. The molecule has 0 aliphatic rings. The van der Waals surface area contributed by atoms with Crippen molar-refractivity contribution in [2.75, 3.05) is 6.26 Å². The number of halogens is 3. The fraction of sp³-hybridized carbons (Fsp3) is 0.143. The van der Waals surface area contributed by atoms with Crippen LogP contribution in [0.1, 0.15) is 0 Å². The summed E-state index contributed by atoms with van der Waals surface area (Å²) in [5, 5.41) is 0. The molecule has 1 aromatic rings. The van der Waals surface area contributed by atoms with E-state index in [1.54, 1.807) is 0 Å². The number of hydrogen-bond acceptors (Lipinski definition) is 2. The fourth-order valence-electron chi connectivity index (χ4n) is 0.746. The van der Waals surface area contributed by atoms with E-state index in [4.69, 9.17) is 0 Å². The lowest BCUT2D eigenvalue weighted by Gasteiger charge is -1.99. The van der Waals surface area contributed by atoms with Gasteiger partial charge in [0.25, 0.3) is 0 Å². The van der Waals surface area contributed by atoms with Crippen LogP contribution in [0.3, 0.4) is 0 Å². The number of rotatable bonds is 1. The van der Waals surface area contributed by atoms with Gasteiger partial charge in [-0.2, -0.15) is 0 Å². The molecule has 0 spiro atoms. The molecule has 72 valence electrons. The summed E-state index contributed by atoms with van der Waals surface area (Å²) >= 11 is 0. The molecule has 0 bridgehead atoms. The molecule has 0 saturated carbocycles. The van der Waals surface area contributed by atoms with Crippen molar-refractivity contribution >= 4 is 9.84 Å². The van der Waals surface area contributed by atoms with Crippen molar-refractivity contribution in [3.8, 4) is 0 Å². The van der Waals surface area contributed by atoms with Crippen LogP contribution >= 0.6 is 0 Å². The maximum Gasteiger partial charge on any atom is 0.194 e. The zero-order valence-corrected chi connectivity index (χ0v) is 7.33. The highest BCUT2D eigenvalue weighted by atomic mass is 32.2. The van der Waals surface area contributed by atoms with E-state index in [1.165, 1.54) is 0 Å². The molecular weight excluding hydrogens is 205 g/mol. The molecular formula is C7H5F3O2S. The molecule has 0 aliphatic carbocycles. The Morgan fingerprint density at radius 3 is 1.77 bits per heavy atom. The van der Waals surface area contributed by atoms with Gasteiger partial charge in [0.15, 0.2) is 27.3 Å². The molecule has 2 nitrogen and oxygen atoms in total. The van der Waals surface area contributed by atoms with Gasteiger partial charge in [-0.15, -0.1) is 0 Å². The quantitative estimate of drug-likeness (QED) is 0.520. The van der Waals surface area contributed by atoms with Gasteiger partial charge in [0.05, 0.1) is 4.90 Å². The van der Waals surface area contributed by atoms with Gasteiger partial charge in [0, 0.05) is 6.26 Å². The van der Waals surface area contributed by atoms with Crippen molar-refractivity contribution in [3.63, 3.8) is 0 Å².